The fourth-order valence-corrected chi connectivity index (χ4v) is 3.15. The maximum absolute atomic E-state index is 12.5. The summed E-state index contributed by atoms with van der Waals surface area (Å²) in [5, 5.41) is 9.76. The molecule has 0 radical (unpaired) electrons. The number of pyridine rings is 1. The molecule has 0 spiro atoms. The SMILES string of the molecule is Cc1ccccc1OC1(C(=O)O)CCN(C(=O)Cc2cccnc2)CC1. The number of likely N-dealkylation sites (tertiary alicyclic amines) is 1. The smallest absolute Gasteiger partial charge is 0.348 e. The lowest BCUT2D eigenvalue weighted by Crippen LogP contribution is -2.54. The Morgan fingerprint density at radius 2 is 1.92 bits per heavy atom. The summed E-state index contributed by atoms with van der Waals surface area (Å²) in [4.78, 5) is 30.1. The molecule has 26 heavy (non-hydrogen) atoms. The van der Waals surface area contributed by atoms with Gasteiger partial charge in [-0.15, -0.1) is 0 Å². The van der Waals surface area contributed by atoms with E-state index in [0.717, 1.165) is 11.1 Å². The van der Waals surface area contributed by atoms with E-state index in [0.29, 0.717) is 18.8 Å². The second kappa shape index (κ2) is 7.56. The van der Waals surface area contributed by atoms with Crippen molar-refractivity contribution in [2.75, 3.05) is 13.1 Å². The van der Waals surface area contributed by atoms with Gasteiger partial charge in [-0.3, -0.25) is 9.78 Å². The number of aliphatic carboxylic acids is 1. The van der Waals surface area contributed by atoms with Crippen molar-refractivity contribution in [1.82, 2.24) is 9.88 Å². The van der Waals surface area contributed by atoms with Crippen molar-refractivity contribution in [3.63, 3.8) is 0 Å². The number of hydrogen-bond acceptors (Lipinski definition) is 4. The van der Waals surface area contributed by atoms with Crippen molar-refractivity contribution in [2.24, 2.45) is 0 Å². The lowest BCUT2D eigenvalue weighted by atomic mass is 9.90. The van der Waals surface area contributed by atoms with Crippen LogP contribution in [-0.4, -0.2) is 45.6 Å². The van der Waals surface area contributed by atoms with Crippen LogP contribution in [-0.2, 0) is 16.0 Å². The normalized spacial score (nSPS) is 16.1. The molecule has 136 valence electrons. The van der Waals surface area contributed by atoms with Crippen molar-refractivity contribution in [3.8, 4) is 5.75 Å². The average Bonchev–Trinajstić information content (AvgIpc) is 2.65. The summed E-state index contributed by atoms with van der Waals surface area (Å²) in [6, 6.07) is 11.0. The highest BCUT2D eigenvalue weighted by molar-refractivity contribution is 5.81. The second-order valence-corrected chi connectivity index (χ2v) is 6.59. The third-order valence-corrected chi connectivity index (χ3v) is 4.79. The van der Waals surface area contributed by atoms with Crippen LogP contribution in [0.2, 0.25) is 0 Å². The number of carboxylic acid groups (broad SMARTS) is 1. The molecule has 6 nitrogen and oxygen atoms in total. The number of ether oxygens (including phenoxy) is 1. The zero-order valence-electron chi connectivity index (χ0n) is 14.7. The number of carbonyl (C=O) groups is 2. The third-order valence-electron chi connectivity index (χ3n) is 4.79. The zero-order valence-corrected chi connectivity index (χ0v) is 14.7. The topological polar surface area (TPSA) is 79.7 Å². The van der Waals surface area contributed by atoms with E-state index in [4.69, 9.17) is 4.74 Å². The van der Waals surface area contributed by atoms with Gasteiger partial charge in [0.25, 0.3) is 0 Å². The summed E-state index contributed by atoms with van der Waals surface area (Å²) < 4.78 is 5.93. The predicted molar refractivity (Wildman–Crippen MR) is 95.9 cm³/mol. The Morgan fingerprint density at radius 1 is 1.19 bits per heavy atom. The quantitative estimate of drug-likeness (QED) is 0.892. The van der Waals surface area contributed by atoms with Gasteiger partial charge < -0.3 is 14.7 Å². The van der Waals surface area contributed by atoms with Gasteiger partial charge in [0.15, 0.2) is 0 Å². The molecule has 2 heterocycles. The second-order valence-electron chi connectivity index (χ2n) is 6.59. The van der Waals surface area contributed by atoms with E-state index in [1.54, 1.807) is 29.4 Å². The van der Waals surface area contributed by atoms with Crippen LogP contribution in [0, 0.1) is 6.92 Å². The molecule has 1 aromatic carbocycles. The summed E-state index contributed by atoms with van der Waals surface area (Å²) in [5.41, 5.74) is 0.448. The molecule has 2 aromatic rings. The zero-order chi connectivity index (χ0) is 18.6. The molecule has 1 aliphatic heterocycles. The summed E-state index contributed by atoms with van der Waals surface area (Å²) in [6.07, 6.45) is 4.13. The van der Waals surface area contributed by atoms with E-state index < -0.39 is 11.6 Å². The Labute approximate surface area is 152 Å². The third kappa shape index (κ3) is 3.85. The van der Waals surface area contributed by atoms with E-state index in [9.17, 15) is 14.7 Å². The van der Waals surface area contributed by atoms with Gasteiger partial charge in [0.05, 0.1) is 6.42 Å². The predicted octanol–water partition coefficient (Wildman–Crippen LogP) is 2.46. The monoisotopic (exact) mass is 354 g/mol. The number of hydrogen-bond donors (Lipinski definition) is 1. The minimum absolute atomic E-state index is 0.0205. The van der Waals surface area contributed by atoms with E-state index in [-0.39, 0.29) is 25.2 Å². The van der Waals surface area contributed by atoms with Crippen molar-refractivity contribution in [2.45, 2.75) is 31.8 Å². The van der Waals surface area contributed by atoms with Gasteiger partial charge in [-0.05, 0) is 30.2 Å². The highest BCUT2D eigenvalue weighted by atomic mass is 16.5. The number of aryl methyl sites for hydroxylation is 1. The molecule has 1 fully saturated rings. The fraction of sp³-hybridized carbons (Fsp3) is 0.350. The fourth-order valence-electron chi connectivity index (χ4n) is 3.15. The number of aromatic nitrogens is 1. The average molecular weight is 354 g/mol. The lowest BCUT2D eigenvalue weighted by Gasteiger charge is -2.39. The first-order valence-electron chi connectivity index (χ1n) is 8.65. The van der Waals surface area contributed by atoms with E-state index >= 15 is 0 Å². The highest BCUT2D eigenvalue weighted by Crippen LogP contribution is 2.31. The van der Waals surface area contributed by atoms with Gasteiger partial charge in [-0.2, -0.15) is 0 Å². The van der Waals surface area contributed by atoms with Crippen molar-refractivity contribution in [1.29, 1.82) is 0 Å². The Kier molecular flexibility index (Phi) is 5.21. The minimum Gasteiger partial charge on any atom is -0.478 e. The van der Waals surface area contributed by atoms with Crippen LogP contribution in [0.15, 0.2) is 48.8 Å². The molecule has 1 N–H and O–H groups in total. The standard InChI is InChI=1S/C20H22N2O4/c1-15-5-2-3-7-17(15)26-20(19(24)25)8-11-22(12-9-20)18(23)13-16-6-4-10-21-14-16/h2-7,10,14H,8-9,11-13H2,1H3,(H,24,25). The molecule has 0 atom stereocenters. The van der Waals surface area contributed by atoms with Gasteiger partial charge in [-0.25, -0.2) is 4.79 Å². The molecular weight excluding hydrogens is 332 g/mol. The summed E-state index contributed by atoms with van der Waals surface area (Å²) in [5.74, 6) is -0.432. The maximum atomic E-state index is 12.5. The summed E-state index contributed by atoms with van der Waals surface area (Å²) in [7, 11) is 0. The molecular formula is C20H22N2O4. The van der Waals surface area contributed by atoms with Crippen LogP contribution >= 0.6 is 0 Å². The van der Waals surface area contributed by atoms with Crippen LogP contribution in [0.5, 0.6) is 5.75 Å². The van der Waals surface area contributed by atoms with Gasteiger partial charge in [0.1, 0.15) is 5.75 Å². The number of para-hydroxylation sites is 1. The highest BCUT2D eigenvalue weighted by Gasteiger charge is 2.45. The number of nitrogens with zero attached hydrogens (tertiary/aromatic N) is 2. The molecule has 1 aromatic heterocycles. The van der Waals surface area contributed by atoms with E-state index in [1.807, 2.05) is 31.2 Å². The minimum atomic E-state index is -1.29. The molecule has 6 heteroatoms. The Bertz CT molecular complexity index is 783. The van der Waals surface area contributed by atoms with Gasteiger partial charge >= 0.3 is 5.97 Å². The van der Waals surface area contributed by atoms with E-state index in [2.05, 4.69) is 4.98 Å². The first-order valence-corrected chi connectivity index (χ1v) is 8.65. The van der Waals surface area contributed by atoms with Crippen LogP contribution in [0.25, 0.3) is 0 Å². The maximum Gasteiger partial charge on any atom is 0.348 e. The number of benzene rings is 1. The number of piperidine rings is 1. The number of carbonyl (C=O) groups excluding carboxylic acids is 1. The first kappa shape index (κ1) is 17.9. The summed E-state index contributed by atoms with van der Waals surface area (Å²) in [6.45, 7) is 2.60. The first-order chi connectivity index (χ1) is 12.5. The van der Waals surface area contributed by atoms with Crippen LogP contribution in [0.4, 0.5) is 0 Å². The molecule has 0 saturated carbocycles. The molecule has 1 aliphatic rings. The van der Waals surface area contributed by atoms with Crippen LogP contribution < -0.4 is 4.74 Å². The lowest BCUT2D eigenvalue weighted by molar-refractivity contribution is -0.161. The Hall–Kier alpha value is -2.89. The Morgan fingerprint density at radius 3 is 2.54 bits per heavy atom. The number of rotatable bonds is 5. The molecule has 1 amide bonds. The van der Waals surface area contributed by atoms with E-state index in [1.165, 1.54) is 0 Å². The molecule has 0 unspecified atom stereocenters. The largest absolute Gasteiger partial charge is 0.478 e. The number of carboxylic acids is 1. The Balaban J connectivity index is 1.67. The number of amides is 1. The van der Waals surface area contributed by atoms with Crippen LogP contribution in [0.3, 0.4) is 0 Å². The molecule has 0 bridgehead atoms. The molecule has 1 saturated heterocycles. The van der Waals surface area contributed by atoms with Crippen molar-refractivity contribution in [3.05, 3.63) is 59.9 Å². The van der Waals surface area contributed by atoms with Crippen molar-refractivity contribution < 1.29 is 19.4 Å². The van der Waals surface area contributed by atoms with Crippen LogP contribution in [0.1, 0.15) is 24.0 Å². The summed E-state index contributed by atoms with van der Waals surface area (Å²) >= 11 is 0. The van der Waals surface area contributed by atoms with Crippen molar-refractivity contribution >= 4 is 11.9 Å². The molecule has 3 rings (SSSR count). The van der Waals surface area contributed by atoms with Gasteiger partial charge in [0, 0.05) is 38.3 Å². The van der Waals surface area contributed by atoms with Gasteiger partial charge in [0.2, 0.25) is 11.5 Å². The van der Waals surface area contributed by atoms with Gasteiger partial charge in [-0.1, -0.05) is 24.3 Å². The molecule has 0 aliphatic carbocycles.